The largest absolute Gasteiger partial charge is 0.369 e. The second-order valence-corrected chi connectivity index (χ2v) is 9.38. The molecule has 1 saturated heterocycles. The van der Waals surface area contributed by atoms with Crippen molar-refractivity contribution in [1.82, 2.24) is 9.88 Å². The van der Waals surface area contributed by atoms with E-state index in [-0.39, 0.29) is 17.2 Å². The van der Waals surface area contributed by atoms with Crippen molar-refractivity contribution in [2.24, 2.45) is 16.6 Å². The zero-order valence-electron chi connectivity index (χ0n) is 17.6. The van der Waals surface area contributed by atoms with Gasteiger partial charge in [-0.15, -0.1) is 0 Å². The number of likely N-dealkylation sites (tertiary alicyclic amines) is 1. The van der Waals surface area contributed by atoms with Crippen LogP contribution in [0.1, 0.15) is 45.6 Å². The van der Waals surface area contributed by atoms with Gasteiger partial charge in [0, 0.05) is 37.5 Å². The molecule has 2 heterocycles. The van der Waals surface area contributed by atoms with Crippen LogP contribution in [0.15, 0.2) is 48.8 Å². The molecule has 154 valence electrons. The summed E-state index contributed by atoms with van der Waals surface area (Å²) in [5.74, 6) is -0.227. The third-order valence-electron chi connectivity index (χ3n) is 5.65. The number of carbonyl (C=O) groups is 2. The molecule has 1 aromatic carbocycles. The number of amides is 2. The summed E-state index contributed by atoms with van der Waals surface area (Å²) in [7, 11) is 0. The second kappa shape index (κ2) is 8.36. The van der Waals surface area contributed by atoms with Crippen LogP contribution in [-0.4, -0.2) is 34.8 Å². The van der Waals surface area contributed by atoms with E-state index in [9.17, 15) is 9.59 Å². The lowest BCUT2D eigenvalue weighted by molar-refractivity contribution is -0.141. The zero-order chi connectivity index (χ0) is 21.1. The van der Waals surface area contributed by atoms with Crippen molar-refractivity contribution in [2.45, 2.75) is 46.5 Å². The lowest BCUT2D eigenvalue weighted by atomic mass is 9.73. The minimum Gasteiger partial charge on any atom is -0.369 e. The third-order valence-corrected chi connectivity index (χ3v) is 5.65. The minimum atomic E-state index is -0.746. The first-order valence-corrected chi connectivity index (χ1v) is 10.3. The van der Waals surface area contributed by atoms with Crippen LogP contribution in [0.4, 0.5) is 0 Å². The van der Waals surface area contributed by atoms with Gasteiger partial charge in [-0.05, 0) is 41.9 Å². The van der Waals surface area contributed by atoms with Crippen molar-refractivity contribution in [2.75, 3.05) is 13.1 Å². The van der Waals surface area contributed by atoms with Crippen LogP contribution in [-0.2, 0) is 16.0 Å². The number of pyridine rings is 1. The van der Waals surface area contributed by atoms with Crippen LogP contribution in [0, 0.1) is 10.8 Å². The summed E-state index contributed by atoms with van der Waals surface area (Å²) in [6.45, 7) is 7.24. The molecule has 1 aromatic heterocycles. The summed E-state index contributed by atoms with van der Waals surface area (Å²) < 4.78 is 0. The molecule has 1 aliphatic rings. The number of benzene rings is 1. The van der Waals surface area contributed by atoms with Crippen molar-refractivity contribution < 1.29 is 9.59 Å². The summed E-state index contributed by atoms with van der Waals surface area (Å²) in [5.41, 5.74) is 8.23. The quantitative estimate of drug-likeness (QED) is 0.839. The second-order valence-electron chi connectivity index (χ2n) is 9.38. The number of hydrogen-bond donors (Lipinski definition) is 1. The van der Waals surface area contributed by atoms with E-state index in [0.29, 0.717) is 32.4 Å². The lowest BCUT2D eigenvalue weighted by Gasteiger charge is -2.42. The Morgan fingerprint density at radius 1 is 1.17 bits per heavy atom. The van der Waals surface area contributed by atoms with Gasteiger partial charge in [0.15, 0.2) is 0 Å². The molecule has 0 unspecified atom stereocenters. The predicted octanol–water partition coefficient (Wildman–Crippen LogP) is 3.82. The summed E-state index contributed by atoms with van der Waals surface area (Å²) in [6.07, 6.45) is 6.05. The molecule has 5 heteroatoms. The van der Waals surface area contributed by atoms with Gasteiger partial charge in [-0.2, -0.15) is 0 Å². The first kappa shape index (κ1) is 21.0. The van der Waals surface area contributed by atoms with E-state index >= 15 is 0 Å². The van der Waals surface area contributed by atoms with Gasteiger partial charge in [0.1, 0.15) is 0 Å². The fraction of sp³-hybridized carbons (Fsp3) is 0.458. The minimum absolute atomic E-state index is 0.0865. The normalized spacial score (nSPS) is 19.8. The Morgan fingerprint density at radius 3 is 2.59 bits per heavy atom. The maximum Gasteiger partial charge on any atom is 0.225 e. The highest BCUT2D eigenvalue weighted by atomic mass is 16.2. The van der Waals surface area contributed by atoms with E-state index in [1.54, 1.807) is 6.20 Å². The topological polar surface area (TPSA) is 76.3 Å². The van der Waals surface area contributed by atoms with Crippen molar-refractivity contribution in [3.05, 3.63) is 54.4 Å². The summed E-state index contributed by atoms with van der Waals surface area (Å²) in [5, 5.41) is 0. The van der Waals surface area contributed by atoms with Crippen LogP contribution in [0.5, 0.6) is 0 Å². The molecule has 0 spiro atoms. The van der Waals surface area contributed by atoms with E-state index in [1.165, 1.54) is 0 Å². The van der Waals surface area contributed by atoms with E-state index in [4.69, 9.17) is 5.73 Å². The molecule has 0 radical (unpaired) electrons. The van der Waals surface area contributed by atoms with Crippen molar-refractivity contribution >= 4 is 11.8 Å². The number of aromatic nitrogens is 1. The number of nitrogens with zero attached hydrogens (tertiary/aromatic N) is 2. The van der Waals surface area contributed by atoms with Crippen molar-refractivity contribution in [1.29, 1.82) is 0 Å². The molecule has 1 aliphatic heterocycles. The number of rotatable bonds is 5. The Kier molecular flexibility index (Phi) is 6.06. The molecule has 0 saturated carbocycles. The fourth-order valence-electron chi connectivity index (χ4n) is 4.19. The maximum atomic E-state index is 12.8. The molecule has 1 atom stereocenters. The summed E-state index contributed by atoms with van der Waals surface area (Å²) in [6, 6.07) is 12.0. The Bertz CT molecular complexity index is 873. The van der Waals surface area contributed by atoms with E-state index in [2.05, 4.69) is 25.8 Å². The van der Waals surface area contributed by atoms with Crippen LogP contribution in [0.2, 0.25) is 0 Å². The van der Waals surface area contributed by atoms with Gasteiger partial charge in [-0.1, -0.05) is 51.1 Å². The molecule has 2 aromatic rings. The van der Waals surface area contributed by atoms with E-state index in [1.807, 2.05) is 47.5 Å². The van der Waals surface area contributed by atoms with Gasteiger partial charge in [0.2, 0.25) is 11.8 Å². The van der Waals surface area contributed by atoms with Crippen LogP contribution in [0.25, 0.3) is 11.1 Å². The number of nitrogens with two attached hydrogens (primary N) is 1. The van der Waals surface area contributed by atoms with E-state index < -0.39 is 5.41 Å². The number of primary amides is 1. The highest BCUT2D eigenvalue weighted by Gasteiger charge is 2.42. The first-order valence-electron chi connectivity index (χ1n) is 10.3. The standard InChI is InChI=1S/C24H31N3O2/c1-23(2,3)15-21(28)27-13-7-11-24(17-27,22(25)29)14-18-8-4-5-10-20(18)19-9-6-12-26-16-19/h4-6,8-10,12,16H,7,11,13-15,17H2,1-3H3,(H2,25,29)/t24-/m0/s1. The average Bonchev–Trinajstić information content (AvgIpc) is 2.68. The van der Waals surface area contributed by atoms with E-state index in [0.717, 1.165) is 23.1 Å². The van der Waals surface area contributed by atoms with Crippen LogP contribution >= 0.6 is 0 Å². The molecule has 5 nitrogen and oxygen atoms in total. The van der Waals surface area contributed by atoms with Gasteiger partial charge in [-0.25, -0.2) is 0 Å². The summed E-state index contributed by atoms with van der Waals surface area (Å²) in [4.78, 5) is 31.5. The third kappa shape index (κ3) is 5.03. The van der Waals surface area contributed by atoms with Crippen LogP contribution < -0.4 is 5.73 Å². The van der Waals surface area contributed by atoms with Crippen molar-refractivity contribution in [3.8, 4) is 11.1 Å². The molecule has 0 bridgehead atoms. The maximum absolute atomic E-state index is 12.8. The molecule has 3 rings (SSSR count). The smallest absolute Gasteiger partial charge is 0.225 e. The number of carbonyl (C=O) groups excluding carboxylic acids is 2. The monoisotopic (exact) mass is 393 g/mol. The average molecular weight is 394 g/mol. The first-order chi connectivity index (χ1) is 13.7. The Balaban J connectivity index is 1.89. The molecule has 2 amide bonds. The fourth-order valence-corrected chi connectivity index (χ4v) is 4.19. The van der Waals surface area contributed by atoms with Crippen LogP contribution in [0.3, 0.4) is 0 Å². The molecular weight excluding hydrogens is 362 g/mol. The molecular formula is C24H31N3O2. The predicted molar refractivity (Wildman–Crippen MR) is 115 cm³/mol. The molecule has 0 aliphatic carbocycles. The molecule has 2 N–H and O–H groups in total. The molecule has 1 fully saturated rings. The lowest BCUT2D eigenvalue weighted by Crippen LogP contribution is -2.53. The Hall–Kier alpha value is -2.69. The van der Waals surface area contributed by atoms with Gasteiger partial charge in [0.05, 0.1) is 5.41 Å². The van der Waals surface area contributed by atoms with Gasteiger partial charge < -0.3 is 10.6 Å². The number of piperidine rings is 1. The Morgan fingerprint density at radius 2 is 1.93 bits per heavy atom. The van der Waals surface area contributed by atoms with Gasteiger partial charge >= 0.3 is 0 Å². The Labute approximate surface area is 173 Å². The summed E-state index contributed by atoms with van der Waals surface area (Å²) >= 11 is 0. The highest BCUT2D eigenvalue weighted by Crippen LogP contribution is 2.37. The molecule has 29 heavy (non-hydrogen) atoms. The van der Waals surface area contributed by atoms with Gasteiger partial charge in [-0.3, -0.25) is 14.6 Å². The SMILES string of the molecule is CC(C)(C)CC(=O)N1CCC[C@@](Cc2ccccc2-c2cccnc2)(C(N)=O)C1. The van der Waals surface area contributed by atoms with Gasteiger partial charge in [0.25, 0.3) is 0 Å². The van der Waals surface area contributed by atoms with Crippen molar-refractivity contribution in [3.63, 3.8) is 0 Å². The highest BCUT2D eigenvalue weighted by molar-refractivity contribution is 5.84. The zero-order valence-corrected chi connectivity index (χ0v) is 17.6. The number of hydrogen-bond acceptors (Lipinski definition) is 3.